The zero-order chi connectivity index (χ0) is 17.9. The van der Waals surface area contributed by atoms with Gasteiger partial charge in [0.2, 0.25) is 11.8 Å². The Labute approximate surface area is 147 Å². The van der Waals surface area contributed by atoms with Crippen molar-refractivity contribution in [3.63, 3.8) is 0 Å². The molecule has 2 amide bonds. The van der Waals surface area contributed by atoms with Gasteiger partial charge in [0.15, 0.2) is 0 Å². The van der Waals surface area contributed by atoms with E-state index < -0.39 is 5.41 Å². The molecule has 0 aliphatic carbocycles. The maximum Gasteiger partial charge on any atom is 0.248 e. The van der Waals surface area contributed by atoms with Gasteiger partial charge in [-0.05, 0) is 24.1 Å². The van der Waals surface area contributed by atoms with Gasteiger partial charge in [-0.3, -0.25) is 9.59 Å². The normalized spacial score (nSPS) is 25.5. The standard InChI is InChI=1S/C18H24N2O5/c1-23-15-4-2-3-13(7-15)9-25-11-16(21)20-8-14-10-24-6-5-18(14,12-20)17(19)22/h2-4,7,14H,5-6,8-12H2,1H3,(H2,19,22)/t14-,18+/m1/s1. The molecule has 2 heterocycles. The molecule has 0 spiro atoms. The number of likely N-dealkylation sites (tertiary alicyclic amines) is 1. The Hall–Kier alpha value is -2.12. The minimum Gasteiger partial charge on any atom is -0.497 e. The smallest absolute Gasteiger partial charge is 0.248 e. The van der Waals surface area contributed by atoms with Crippen LogP contribution in [0.25, 0.3) is 0 Å². The molecule has 2 aliphatic rings. The Morgan fingerprint density at radius 2 is 2.28 bits per heavy atom. The summed E-state index contributed by atoms with van der Waals surface area (Å²) < 4.78 is 16.2. The van der Waals surface area contributed by atoms with Crippen LogP contribution in [0.2, 0.25) is 0 Å². The van der Waals surface area contributed by atoms with Crippen molar-refractivity contribution >= 4 is 11.8 Å². The van der Waals surface area contributed by atoms with Crippen molar-refractivity contribution < 1.29 is 23.8 Å². The third-order valence-corrected chi connectivity index (χ3v) is 5.18. The molecular weight excluding hydrogens is 324 g/mol. The van der Waals surface area contributed by atoms with E-state index in [1.165, 1.54) is 0 Å². The van der Waals surface area contributed by atoms with E-state index >= 15 is 0 Å². The van der Waals surface area contributed by atoms with E-state index in [1.807, 2.05) is 24.3 Å². The van der Waals surface area contributed by atoms with E-state index in [4.69, 9.17) is 19.9 Å². The summed E-state index contributed by atoms with van der Waals surface area (Å²) in [5.41, 5.74) is 5.92. The number of primary amides is 1. The lowest BCUT2D eigenvalue weighted by Gasteiger charge is -2.34. The maximum atomic E-state index is 12.5. The van der Waals surface area contributed by atoms with Gasteiger partial charge in [-0.1, -0.05) is 12.1 Å². The summed E-state index contributed by atoms with van der Waals surface area (Å²) in [5.74, 6) is 0.256. The van der Waals surface area contributed by atoms with Crippen LogP contribution < -0.4 is 10.5 Å². The highest BCUT2D eigenvalue weighted by Gasteiger charge is 2.53. The van der Waals surface area contributed by atoms with Crippen LogP contribution >= 0.6 is 0 Å². The van der Waals surface area contributed by atoms with E-state index in [0.29, 0.717) is 39.3 Å². The number of nitrogens with two attached hydrogens (primary N) is 1. The Morgan fingerprint density at radius 1 is 1.44 bits per heavy atom. The van der Waals surface area contributed by atoms with Crippen molar-refractivity contribution in [1.82, 2.24) is 4.90 Å². The first-order valence-corrected chi connectivity index (χ1v) is 8.41. The van der Waals surface area contributed by atoms with E-state index in [1.54, 1.807) is 12.0 Å². The second-order valence-electron chi connectivity index (χ2n) is 6.66. The average molecular weight is 348 g/mol. The number of benzene rings is 1. The van der Waals surface area contributed by atoms with Gasteiger partial charge in [0.25, 0.3) is 0 Å². The number of fused-ring (bicyclic) bond motifs is 1. The number of nitrogens with zero attached hydrogens (tertiary/aromatic N) is 1. The fourth-order valence-corrected chi connectivity index (χ4v) is 3.65. The Balaban J connectivity index is 1.54. The molecule has 2 saturated heterocycles. The van der Waals surface area contributed by atoms with Crippen LogP contribution in [-0.4, -0.2) is 56.7 Å². The maximum absolute atomic E-state index is 12.5. The molecule has 136 valence electrons. The van der Waals surface area contributed by atoms with Crippen LogP contribution in [0, 0.1) is 11.3 Å². The first-order chi connectivity index (χ1) is 12.0. The van der Waals surface area contributed by atoms with Crippen molar-refractivity contribution in [1.29, 1.82) is 0 Å². The number of carbonyl (C=O) groups is 2. The number of carbonyl (C=O) groups excluding carboxylic acids is 2. The molecule has 0 bridgehead atoms. The van der Waals surface area contributed by atoms with Crippen molar-refractivity contribution in [2.75, 3.05) is 40.0 Å². The predicted molar refractivity (Wildman–Crippen MR) is 89.8 cm³/mol. The van der Waals surface area contributed by atoms with Gasteiger partial charge < -0.3 is 24.8 Å². The van der Waals surface area contributed by atoms with Gasteiger partial charge in [0, 0.05) is 25.6 Å². The number of hydrogen-bond donors (Lipinski definition) is 1. The Kier molecular flexibility index (Phi) is 5.24. The molecule has 0 radical (unpaired) electrons. The minimum atomic E-state index is -0.652. The number of ether oxygens (including phenoxy) is 3. The second-order valence-corrected chi connectivity index (χ2v) is 6.66. The molecule has 0 aromatic heterocycles. The van der Waals surface area contributed by atoms with Gasteiger partial charge in [0.1, 0.15) is 12.4 Å². The Morgan fingerprint density at radius 3 is 3.00 bits per heavy atom. The fraction of sp³-hybridized carbons (Fsp3) is 0.556. The molecule has 25 heavy (non-hydrogen) atoms. The first-order valence-electron chi connectivity index (χ1n) is 8.41. The quantitative estimate of drug-likeness (QED) is 0.811. The lowest BCUT2D eigenvalue weighted by Crippen LogP contribution is -2.48. The van der Waals surface area contributed by atoms with Crippen LogP contribution in [-0.2, 0) is 25.7 Å². The summed E-state index contributed by atoms with van der Waals surface area (Å²) in [6, 6.07) is 7.51. The lowest BCUT2D eigenvalue weighted by molar-refractivity contribution is -0.138. The SMILES string of the molecule is COc1cccc(COCC(=O)N2C[C@@H]3COCC[C@]3(C(N)=O)C2)c1. The number of hydrogen-bond acceptors (Lipinski definition) is 5. The molecule has 2 fully saturated rings. The van der Waals surface area contributed by atoms with Crippen molar-refractivity contribution in [2.45, 2.75) is 13.0 Å². The molecule has 7 heteroatoms. The van der Waals surface area contributed by atoms with Crippen LogP contribution in [0.1, 0.15) is 12.0 Å². The van der Waals surface area contributed by atoms with Gasteiger partial charge in [-0.25, -0.2) is 0 Å². The highest BCUT2D eigenvalue weighted by molar-refractivity contribution is 5.85. The van der Waals surface area contributed by atoms with Gasteiger partial charge >= 0.3 is 0 Å². The molecule has 1 aromatic carbocycles. The zero-order valence-corrected chi connectivity index (χ0v) is 14.4. The summed E-state index contributed by atoms with van der Waals surface area (Å²) in [6.07, 6.45) is 0.571. The molecular formula is C18H24N2O5. The summed E-state index contributed by atoms with van der Waals surface area (Å²) in [5, 5.41) is 0. The lowest BCUT2D eigenvalue weighted by atomic mass is 9.74. The molecule has 0 unspecified atom stereocenters. The molecule has 7 nitrogen and oxygen atoms in total. The van der Waals surface area contributed by atoms with Gasteiger partial charge in [-0.2, -0.15) is 0 Å². The third kappa shape index (κ3) is 3.62. The topological polar surface area (TPSA) is 91.1 Å². The molecule has 2 atom stereocenters. The molecule has 0 saturated carbocycles. The van der Waals surface area contributed by atoms with E-state index in [0.717, 1.165) is 11.3 Å². The van der Waals surface area contributed by atoms with Gasteiger partial charge in [-0.15, -0.1) is 0 Å². The third-order valence-electron chi connectivity index (χ3n) is 5.18. The highest BCUT2D eigenvalue weighted by atomic mass is 16.5. The van der Waals surface area contributed by atoms with Crippen LogP contribution in [0.15, 0.2) is 24.3 Å². The van der Waals surface area contributed by atoms with Crippen molar-refractivity contribution in [2.24, 2.45) is 17.1 Å². The Bertz CT molecular complexity index is 650. The van der Waals surface area contributed by atoms with E-state index in [2.05, 4.69) is 0 Å². The van der Waals surface area contributed by atoms with Crippen LogP contribution in [0.4, 0.5) is 0 Å². The summed E-state index contributed by atoms with van der Waals surface area (Å²) >= 11 is 0. The number of rotatable bonds is 6. The first kappa shape index (κ1) is 17.7. The largest absolute Gasteiger partial charge is 0.497 e. The fourth-order valence-electron chi connectivity index (χ4n) is 3.65. The summed E-state index contributed by atoms with van der Waals surface area (Å²) in [4.78, 5) is 26.1. The van der Waals surface area contributed by atoms with Crippen molar-refractivity contribution in [3.8, 4) is 5.75 Å². The van der Waals surface area contributed by atoms with Crippen molar-refractivity contribution in [3.05, 3.63) is 29.8 Å². The molecule has 2 N–H and O–H groups in total. The van der Waals surface area contributed by atoms with E-state index in [9.17, 15) is 9.59 Å². The van der Waals surface area contributed by atoms with Gasteiger partial charge in [0.05, 0.1) is 25.7 Å². The summed E-state index contributed by atoms with van der Waals surface area (Å²) in [7, 11) is 1.61. The second kappa shape index (κ2) is 7.41. The molecule has 2 aliphatic heterocycles. The number of amides is 2. The molecule has 1 aromatic rings. The molecule has 3 rings (SSSR count). The summed E-state index contributed by atoms with van der Waals surface area (Å²) in [6.45, 7) is 2.12. The minimum absolute atomic E-state index is 0.0268. The van der Waals surface area contributed by atoms with Crippen LogP contribution in [0.3, 0.4) is 0 Å². The predicted octanol–water partition coefficient (Wildman–Crippen LogP) is 0.562. The number of methoxy groups -OCH3 is 1. The van der Waals surface area contributed by atoms with Crippen LogP contribution in [0.5, 0.6) is 5.75 Å². The highest BCUT2D eigenvalue weighted by Crippen LogP contribution is 2.41. The monoisotopic (exact) mass is 348 g/mol. The zero-order valence-electron chi connectivity index (χ0n) is 14.4. The average Bonchev–Trinajstić information content (AvgIpc) is 3.03. The van der Waals surface area contributed by atoms with E-state index in [-0.39, 0.29) is 24.3 Å².